The highest BCUT2D eigenvalue weighted by Crippen LogP contribution is 2.48. The summed E-state index contributed by atoms with van der Waals surface area (Å²) in [6, 6.07) is 0. The average molecular weight is 354 g/mol. The van der Waals surface area contributed by atoms with Gasteiger partial charge in [0.05, 0.1) is 12.7 Å². The van der Waals surface area contributed by atoms with E-state index >= 15 is 0 Å². The summed E-state index contributed by atoms with van der Waals surface area (Å²) >= 11 is 0. The van der Waals surface area contributed by atoms with E-state index < -0.39 is 0 Å². The molecular weight excluding hydrogens is 310 g/mol. The van der Waals surface area contributed by atoms with Crippen LogP contribution in [0.3, 0.4) is 0 Å². The minimum atomic E-state index is -0.253. The Kier molecular flexibility index (Phi) is 7.79. The largest absolute Gasteiger partial charge is 0.347 e. The molecule has 0 amide bonds. The highest BCUT2D eigenvalue weighted by molar-refractivity contribution is 4.90. The topological polar surface area (TPSA) is 21.7 Å². The van der Waals surface area contributed by atoms with Crippen LogP contribution in [0.15, 0.2) is 0 Å². The van der Waals surface area contributed by atoms with Crippen LogP contribution in [-0.2, 0) is 9.47 Å². The predicted octanol–water partition coefficient (Wildman–Crippen LogP) is 5.48. The maximum atomic E-state index is 6.46. The van der Waals surface area contributed by atoms with Gasteiger partial charge >= 0.3 is 0 Å². The standard InChI is InChI=1S/C22H43NO2/c1-7-14-23(8-2)15-11-20-17-24-22(25-20)12-9-19(10-13-22)21(5,6)16-18(3)4/h18-20H,7-17H2,1-6H3. The molecule has 148 valence electrons. The SMILES string of the molecule is CCCN(CC)CCC1COC2(CCC(C(C)(C)CC(C)C)CC2)O1. The van der Waals surface area contributed by atoms with Crippen LogP contribution >= 0.6 is 0 Å². The Morgan fingerprint density at radius 1 is 1.12 bits per heavy atom. The normalized spacial score (nSPS) is 30.7. The monoisotopic (exact) mass is 353 g/mol. The summed E-state index contributed by atoms with van der Waals surface area (Å²) in [4.78, 5) is 2.53. The molecule has 25 heavy (non-hydrogen) atoms. The molecule has 0 aromatic carbocycles. The molecule has 1 saturated carbocycles. The summed E-state index contributed by atoms with van der Waals surface area (Å²) in [7, 11) is 0. The molecule has 1 spiro atoms. The van der Waals surface area contributed by atoms with Gasteiger partial charge in [-0.25, -0.2) is 0 Å². The van der Waals surface area contributed by atoms with E-state index in [9.17, 15) is 0 Å². The third-order valence-corrected chi connectivity index (χ3v) is 6.45. The van der Waals surface area contributed by atoms with E-state index in [2.05, 4.69) is 46.4 Å². The summed E-state index contributed by atoms with van der Waals surface area (Å²) < 4.78 is 12.7. The molecule has 2 rings (SSSR count). The minimum absolute atomic E-state index is 0.253. The number of ether oxygens (including phenoxy) is 2. The van der Waals surface area contributed by atoms with Crippen LogP contribution in [-0.4, -0.2) is 43.0 Å². The number of rotatable bonds is 9. The van der Waals surface area contributed by atoms with Crippen LogP contribution in [0.4, 0.5) is 0 Å². The van der Waals surface area contributed by atoms with E-state index in [-0.39, 0.29) is 5.79 Å². The Bertz CT molecular complexity index is 385. The van der Waals surface area contributed by atoms with Crippen molar-refractivity contribution in [3.05, 3.63) is 0 Å². The molecule has 1 aliphatic carbocycles. The van der Waals surface area contributed by atoms with Crippen LogP contribution in [0.25, 0.3) is 0 Å². The van der Waals surface area contributed by atoms with Crippen molar-refractivity contribution in [3.8, 4) is 0 Å². The second kappa shape index (κ2) is 9.19. The summed E-state index contributed by atoms with van der Waals surface area (Å²) in [5.41, 5.74) is 0.440. The number of nitrogens with zero attached hydrogens (tertiary/aromatic N) is 1. The van der Waals surface area contributed by atoms with Crippen LogP contribution in [0.1, 0.15) is 86.5 Å². The zero-order valence-corrected chi connectivity index (χ0v) is 17.8. The van der Waals surface area contributed by atoms with Crippen molar-refractivity contribution in [1.82, 2.24) is 4.90 Å². The van der Waals surface area contributed by atoms with Gasteiger partial charge in [0, 0.05) is 19.4 Å². The smallest absolute Gasteiger partial charge is 0.168 e. The van der Waals surface area contributed by atoms with Crippen LogP contribution < -0.4 is 0 Å². The molecule has 0 aromatic heterocycles. The molecule has 1 atom stereocenters. The molecule has 0 radical (unpaired) electrons. The van der Waals surface area contributed by atoms with Crippen molar-refractivity contribution in [2.45, 2.75) is 98.4 Å². The lowest BCUT2D eigenvalue weighted by Crippen LogP contribution is -2.40. The van der Waals surface area contributed by atoms with Gasteiger partial charge in [0.1, 0.15) is 0 Å². The van der Waals surface area contributed by atoms with Gasteiger partial charge in [0.2, 0.25) is 0 Å². The zero-order chi connectivity index (χ0) is 18.5. The highest BCUT2D eigenvalue weighted by atomic mass is 16.7. The van der Waals surface area contributed by atoms with E-state index in [1.807, 2.05) is 0 Å². The lowest BCUT2D eigenvalue weighted by atomic mass is 9.66. The van der Waals surface area contributed by atoms with Crippen molar-refractivity contribution in [2.75, 3.05) is 26.2 Å². The molecule has 2 aliphatic rings. The first kappa shape index (κ1) is 21.2. The third-order valence-electron chi connectivity index (χ3n) is 6.45. The van der Waals surface area contributed by atoms with E-state index in [1.165, 1.54) is 32.2 Å². The fraction of sp³-hybridized carbons (Fsp3) is 1.00. The van der Waals surface area contributed by atoms with Gasteiger partial charge in [-0.3, -0.25) is 0 Å². The van der Waals surface area contributed by atoms with Crippen molar-refractivity contribution in [2.24, 2.45) is 17.3 Å². The average Bonchev–Trinajstić information content (AvgIpc) is 2.93. The molecule has 0 N–H and O–H groups in total. The summed E-state index contributed by atoms with van der Waals surface area (Å²) in [5.74, 6) is 1.34. The minimum Gasteiger partial charge on any atom is -0.347 e. The van der Waals surface area contributed by atoms with Gasteiger partial charge in [0.15, 0.2) is 5.79 Å². The summed E-state index contributed by atoms with van der Waals surface area (Å²) in [6.07, 6.45) is 8.63. The fourth-order valence-electron chi connectivity index (χ4n) is 5.15. The summed E-state index contributed by atoms with van der Waals surface area (Å²) in [6.45, 7) is 18.4. The van der Waals surface area contributed by atoms with Gasteiger partial charge in [-0.2, -0.15) is 0 Å². The van der Waals surface area contributed by atoms with Gasteiger partial charge in [0.25, 0.3) is 0 Å². The molecule has 3 heteroatoms. The summed E-state index contributed by atoms with van der Waals surface area (Å²) in [5, 5.41) is 0. The van der Waals surface area contributed by atoms with Gasteiger partial charge in [-0.05, 0) is 62.4 Å². The maximum Gasteiger partial charge on any atom is 0.168 e. The fourth-order valence-corrected chi connectivity index (χ4v) is 5.15. The van der Waals surface area contributed by atoms with Crippen LogP contribution in [0.5, 0.6) is 0 Å². The third kappa shape index (κ3) is 5.94. The first-order valence-electron chi connectivity index (χ1n) is 10.8. The number of hydrogen-bond donors (Lipinski definition) is 0. The van der Waals surface area contributed by atoms with Crippen molar-refractivity contribution in [1.29, 1.82) is 0 Å². The molecular formula is C22H43NO2. The van der Waals surface area contributed by atoms with Crippen LogP contribution in [0, 0.1) is 17.3 Å². The van der Waals surface area contributed by atoms with E-state index in [4.69, 9.17) is 9.47 Å². The van der Waals surface area contributed by atoms with E-state index in [0.29, 0.717) is 11.5 Å². The lowest BCUT2D eigenvalue weighted by Gasteiger charge is -2.43. The quantitative estimate of drug-likeness (QED) is 0.547. The molecule has 1 unspecified atom stereocenters. The van der Waals surface area contributed by atoms with E-state index in [1.54, 1.807) is 0 Å². The first-order valence-corrected chi connectivity index (χ1v) is 10.8. The molecule has 0 aromatic rings. The van der Waals surface area contributed by atoms with Gasteiger partial charge in [-0.15, -0.1) is 0 Å². The van der Waals surface area contributed by atoms with Gasteiger partial charge < -0.3 is 14.4 Å². The molecule has 3 nitrogen and oxygen atoms in total. The second-order valence-electron chi connectivity index (χ2n) is 9.55. The second-order valence-corrected chi connectivity index (χ2v) is 9.55. The zero-order valence-electron chi connectivity index (χ0n) is 17.8. The number of hydrogen-bond acceptors (Lipinski definition) is 3. The molecule has 1 heterocycles. The first-order chi connectivity index (χ1) is 11.8. The lowest BCUT2D eigenvalue weighted by molar-refractivity contribution is -0.198. The Morgan fingerprint density at radius 2 is 1.80 bits per heavy atom. The maximum absolute atomic E-state index is 6.46. The van der Waals surface area contributed by atoms with E-state index in [0.717, 1.165) is 50.8 Å². The Balaban J connectivity index is 1.78. The Morgan fingerprint density at radius 3 is 2.36 bits per heavy atom. The molecule has 0 bridgehead atoms. The predicted molar refractivity (Wildman–Crippen MR) is 106 cm³/mol. The van der Waals surface area contributed by atoms with Gasteiger partial charge in [-0.1, -0.05) is 41.5 Å². The van der Waals surface area contributed by atoms with Crippen molar-refractivity contribution < 1.29 is 9.47 Å². The highest BCUT2D eigenvalue weighted by Gasteiger charge is 2.46. The van der Waals surface area contributed by atoms with Crippen molar-refractivity contribution >= 4 is 0 Å². The Hall–Kier alpha value is -0.120. The molecule has 1 saturated heterocycles. The molecule has 2 fully saturated rings. The molecule has 1 aliphatic heterocycles. The van der Waals surface area contributed by atoms with Crippen molar-refractivity contribution in [3.63, 3.8) is 0 Å². The van der Waals surface area contributed by atoms with Crippen LogP contribution in [0.2, 0.25) is 0 Å². The Labute approximate surface area is 156 Å².